The molecule has 2 atom stereocenters. The van der Waals surface area contributed by atoms with Gasteiger partial charge in [0, 0.05) is 30.8 Å². The predicted molar refractivity (Wildman–Crippen MR) is 80.6 cm³/mol. The number of aromatic nitrogens is 1. The van der Waals surface area contributed by atoms with Crippen molar-refractivity contribution in [1.82, 2.24) is 10.3 Å². The van der Waals surface area contributed by atoms with Crippen LogP contribution in [0.3, 0.4) is 0 Å². The second-order valence-corrected chi connectivity index (χ2v) is 6.30. The van der Waals surface area contributed by atoms with Gasteiger partial charge in [0.2, 0.25) is 5.91 Å². The molecule has 110 valence electrons. The van der Waals surface area contributed by atoms with Crippen molar-refractivity contribution >= 4 is 17.7 Å². The average molecular weight is 294 g/mol. The lowest BCUT2D eigenvalue weighted by atomic mass is 9.86. The first-order valence-corrected chi connectivity index (χ1v) is 8.23. The molecule has 1 fully saturated rings. The SMILES string of the molecule is O=C(CCSc1ccccn1)NC[C@@H]1CCCC[C@@H]1O. The Hall–Kier alpha value is -1.07. The van der Waals surface area contributed by atoms with Crippen molar-refractivity contribution in [3.63, 3.8) is 0 Å². The van der Waals surface area contributed by atoms with E-state index in [0.29, 0.717) is 13.0 Å². The molecular weight excluding hydrogens is 272 g/mol. The Morgan fingerprint density at radius 3 is 3.00 bits per heavy atom. The molecule has 0 bridgehead atoms. The van der Waals surface area contributed by atoms with Crippen LogP contribution in [0.25, 0.3) is 0 Å². The third kappa shape index (κ3) is 5.13. The van der Waals surface area contributed by atoms with Gasteiger partial charge >= 0.3 is 0 Å². The standard InChI is InChI=1S/C15H22N2O2S/c18-13-6-2-1-5-12(13)11-17-14(19)8-10-20-15-7-3-4-9-16-15/h3-4,7,9,12-13,18H,1-2,5-6,8,10-11H2,(H,17,19)/t12-,13-/m0/s1. The molecule has 0 aliphatic heterocycles. The Labute approximate surface area is 124 Å². The molecule has 2 rings (SSSR count). The van der Waals surface area contributed by atoms with Crippen molar-refractivity contribution in [2.75, 3.05) is 12.3 Å². The number of amides is 1. The van der Waals surface area contributed by atoms with E-state index in [4.69, 9.17) is 0 Å². The van der Waals surface area contributed by atoms with E-state index >= 15 is 0 Å². The number of pyridine rings is 1. The second-order valence-electron chi connectivity index (χ2n) is 5.18. The molecule has 1 aliphatic rings. The summed E-state index contributed by atoms with van der Waals surface area (Å²) in [4.78, 5) is 16.0. The molecule has 1 heterocycles. The zero-order chi connectivity index (χ0) is 14.2. The van der Waals surface area contributed by atoms with E-state index in [1.807, 2.05) is 18.2 Å². The molecule has 4 nitrogen and oxygen atoms in total. The number of nitrogens with zero attached hydrogens (tertiary/aromatic N) is 1. The number of thioether (sulfide) groups is 1. The van der Waals surface area contributed by atoms with Gasteiger partial charge in [-0.3, -0.25) is 4.79 Å². The van der Waals surface area contributed by atoms with Crippen LogP contribution in [0.15, 0.2) is 29.4 Å². The lowest BCUT2D eigenvalue weighted by Crippen LogP contribution is -2.36. The van der Waals surface area contributed by atoms with Gasteiger partial charge in [0.05, 0.1) is 11.1 Å². The van der Waals surface area contributed by atoms with Crippen molar-refractivity contribution in [1.29, 1.82) is 0 Å². The highest BCUT2D eigenvalue weighted by Gasteiger charge is 2.23. The van der Waals surface area contributed by atoms with Crippen LogP contribution in [0.5, 0.6) is 0 Å². The molecule has 1 amide bonds. The molecule has 1 aliphatic carbocycles. The van der Waals surface area contributed by atoms with E-state index < -0.39 is 0 Å². The first-order valence-electron chi connectivity index (χ1n) is 7.24. The first-order chi connectivity index (χ1) is 9.75. The van der Waals surface area contributed by atoms with Crippen LogP contribution in [0, 0.1) is 5.92 Å². The van der Waals surface area contributed by atoms with E-state index in [2.05, 4.69) is 10.3 Å². The van der Waals surface area contributed by atoms with E-state index in [0.717, 1.165) is 36.5 Å². The summed E-state index contributed by atoms with van der Waals surface area (Å²) in [6, 6.07) is 5.77. The highest BCUT2D eigenvalue weighted by atomic mass is 32.2. The van der Waals surface area contributed by atoms with Crippen molar-refractivity contribution in [3.8, 4) is 0 Å². The van der Waals surface area contributed by atoms with Gasteiger partial charge in [-0.05, 0) is 25.0 Å². The van der Waals surface area contributed by atoms with Gasteiger partial charge in [-0.1, -0.05) is 18.9 Å². The van der Waals surface area contributed by atoms with Crippen molar-refractivity contribution < 1.29 is 9.90 Å². The number of hydrogen-bond donors (Lipinski definition) is 2. The van der Waals surface area contributed by atoms with Gasteiger partial charge in [0.25, 0.3) is 0 Å². The van der Waals surface area contributed by atoms with Crippen LogP contribution in [0.1, 0.15) is 32.1 Å². The van der Waals surface area contributed by atoms with Crippen LogP contribution in [-0.2, 0) is 4.79 Å². The molecule has 0 radical (unpaired) electrons. The van der Waals surface area contributed by atoms with Crippen molar-refractivity contribution in [2.45, 2.75) is 43.2 Å². The monoisotopic (exact) mass is 294 g/mol. The van der Waals surface area contributed by atoms with Crippen molar-refractivity contribution in [2.24, 2.45) is 5.92 Å². The molecule has 2 N–H and O–H groups in total. The molecule has 0 aromatic carbocycles. The van der Waals surface area contributed by atoms with Gasteiger partial charge in [-0.2, -0.15) is 0 Å². The number of carbonyl (C=O) groups excluding carboxylic acids is 1. The molecule has 20 heavy (non-hydrogen) atoms. The Kier molecular flexibility index (Phi) is 6.33. The molecule has 1 saturated carbocycles. The summed E-state index contributed by atoms with van der Waals surface area (Å²) in [7, 11) is 0. The van der Waals surface area contributed by atoms with Crippen LogP contribution in [0.4, 0.5) is 0 Å². The topological polar surface area (TPSA) is 62.2 Å². The van der Waals surface area contributed by atoms with Gasteiger partial charge in [0.15, 0.2) is 0 Å². The number of hydrogen-bond acceptors (Lipinski definition) is 4. The maximum absolute atomic E-state index is 11.8. The largest absolute Gasteiger partial charge is 0.393 e. The summed E-state index contributed by atoms with van der Waals surface area (Å²) in [5, 5.41) is 13.7. The van der Waals surface area contributed by atoms with Crippen LogP contribution in [-0.4, -0.2) is 34.4 Å². The summed E-state index contributed by atoms with van der Waals surface area (Å²) in [5.74, 6) is 1.03. The van der Waals surface area contributed by atoms with Crippen molar-refractivity contribution in [3.05, 3.63) is 24.4 Å². The normalized spacial score (nSPS) is 22.4. The van der Waals surface area contributed by atoms with Gasteiger partial charge < -0.3 is 10.4 Å². The molecule has 0 spiro atoms. The third-order valence-corrected chi connectivity index (χ3v) is 4.59. The molecule has 1 aromatic rings. The van der Waals surface area contributed by atoms with E-state index in [1.54, 1.807) is 18.0 Å². The summed E-state index contributed by atoms with van der Waals surface area (Å²) in [6.45, 7) is 0.605. The molecule has 0 saturated heterocycles. The number of aliphatic hydroxyl groups excluding tert-OH is 1. The Morgan fingerprint density at radius 2 is 2.25 bits per heavy atom. The second kappa shape index (κ2) is 8.27. The molecule has 5 heteroatoms. The van der Waals surface area contributed by atoms with Crippen LogP contribution >= 0.6 is 11.8 Å². The summed E-state index contributed by atoms with van der Waals surface area (Å²) >= 11 is 1.59. The quantitative estimate of drug-likeness (QED) is 0.790. The zero-order valence-electron chi connectivity index (χ0n) is 11.6. The minimum atomic E-state index is -0.244. The highest BCUT2D eigenvalue weighted by molar-refractivity contribution is 7.99. The lowest BCUT2D eigenvalue weighted by molar-refractivity contribution is -0.121. The first kappa shape index (κ1) is 15.3. The van der Waals surface area contributed by atoms with Crippen LogP contribution in [0.2, 0.25) is 0 Å². The fourth-order valence-electron chi connectivity index (χ4n) is 2.44. The maximum atomic E-state index is 11.8. The zero-order valence-corrected chi connectivity index (χ0v) is 12.4. The van der Waals surface area contributed by atoms with E-state index in [-0.39, 0.29) is 17.9 Å². The van der Waals surface area contributed by atoms with Gasteiger partial charge in [0.1, 0.15) is 0 Å². The minimum Gasteiger partial charge on any atom is -0.393 e. The van der Waals surface area contributed by atoms with Gasteiger partial charge in [-0.15, -0.1) is 11.8 Å². The maximum Gasteiger partial charge on any atom is 0.220 e. The summed E-state index contributed by atoms with van der Waals surface area (Å²) in [5.41, 5.74) is 0. The average Bonchev–Trinajstić information content (AvgIpc) is 2.47. The molecular formula is C15H22N2O2S. The van der Waals surface area contributed by atoms with Gasteiger partial charge in [-0.25, -0.2) is 4.98 Å². The minimum absolute atomic E-state index is 0.0613. The Balaban J connectivity index is 1.60. The van der Waals surface area contributed by atoms with E-state index in [9.17, 15) is 9.90 Å². The number of aliphatic hydroxyl groups is 1. The number of rotatable bonds is 6. The molecule has 0 unspecified atom stereocenters. The fraction of sp³-hybridized carbons (Fsp3) is 0.600. The number of nitrogens with one attached hydrogen (secondary N) is 1. The third-order valence-electron chi connectivity index (χ3n) is 3.65. The summed E-state index contributed by atoms with van der Waals surface area (Å²) < 4.78 is 0. The van der Waals surface area contributed by atoms with Crippen LogP contribution < -0.4 is 5.32 Å². The smallest absolute Gasteiger partial charge is 0.220 e. The number of carbonyl (C=O) groups is 1. The van der Waals surface area contributed by atoms with E-state index in [1.165, 1.54) is 0 Å². The Morgan fingerprint density at radius 1 is 1.40 bits per heavy atom. The molecule has 1 aromatic heterocycles. The fourth-order valence-corrected chi connectivity index (χ4v) is 3.25. The lowest BCUT2D eigenvalue weighted by Gasteiger charge is -2.27. The predicted octanol–water partition coefficient (Wildman–Crippen LogP) is 2.23. The summed E-state index contributed by atoms with van der Waals surface area (Å²) in [6.07, 6.45) is 6.16. The highest BCUT2D eigenvalue weighted by Crippen LogP contribution is 2.23. The Bertz CT molecular complexity index is 414.